The molecule has 0 aliphatic carbocycles. The number of methoxy groups -OCH3 is 2. The molecule has 0 aliphatic heterocycles. The van der Waals surface area contributed by atoms with Crippen LogP contribution in [0, 0.1) is 6.92 Å². The minimum absolute atomic E-state index is 0.128. The second kappa shape index (κ2) is 11.0. The van der Waals surface area contributed by atoms with Gasteiger partial charge in [-0.05, 0) is 55.3 Å². The number of aryl methyl sites for hydroxylation is 1. The standard InChI is InChI=1S/C22H30N2O6S/c1-6-24(31(26,27)18-9-11-19(30-7-2)16(3)12-18)15-22(25)23-14-17-8-10-20(28-4)21(13-17)29-5/h8-13H,6-7,14-15H2,1-5H3,(H,23,25). The first-order valence-corrected chi connectivity index (χ1v) is 11.4. The zero-order valence-corrected chi connectivity index (χ0v) is 19.4. The SMILES string of the molecule is CCOc1ccc(S(=O)(=O)N(CC)CC(=O)NCc2ccc(OC)c(OC)c2)cc1C. The Hall–Kier alpha value is -2.78. The van der Waals surface area contributed by atoms with Gasteiger partial charge in [-0.1, -0.05) is 13.0 Å². The molecule has 0 fully saturated rings. The topological polar surface area (TPSA) is 94.2 Å². The maximum Gasteiger partial charge on any atom is 0.243 e. The molecule has 8 nitrogen and oxygen atoms in total. The van der Waals surface area contributed by atoms with Crippen molar-refractivity contribution in [1.82, 2.24) is 9.62 Å². The molecular formula is C22H30N2O6S. The normalized spacial score (nSPS) is 11.3. The number of likely N-dealkylation sites (N-methyl/N-ethyl adjacent to an activating group) is 1. The van der Waals surface area contributed by atoms with Gasteiger partial charge in [-0.25, -0.2) is 8.42 Å². The van der Waals surface area contributed by atoms with Crippen molar-refractivity contribution in [1.29, 1.82) is 0 Å². The van der Waals surface area contributed by atoms with Crippen LogP contribution in [-0.4, -0.2) is 52.5 Å². The number of carbonyl (C=O) groups is 1. The molecule has 0 aliphatic rings. The van der Waals surface area contributed by atoms with Crippen LogP contribution in [0.1, 0.15) is 25.0 Å². The Labute approximate surface area is 184 Å². The van der Waals surface area contributed by atoms with Crippen molar-refractivity contribution in [3.05, 3.63) is 47.5 Å². The van der Waals surface area contributed by atoms with Gasteiger partial charge in [0.15, 0.2) is 11.5 Å². The van der Waals surface area contributed by atoms with Crippen LogP contribution in [0.25, 0.3) is 0 Å². The highest BCUT2D eigenvalue weighted by atomic mass is 32.2. The van der Waals surface area contributed by atoms with E-state index in [0.29, 0.717) is 23.9 Å². The van der Waals surface area contributed by atoms with Gasteiger partial charge in [0.05, 0.1) is 32.3 Å². The summed E-state index contributed by atoms with van der Waals surface area (Å²) in [5.74, 6) is 1.38. The van der Waals surface area contributed by atoms with Crippen molar-refractivity contribution in [2.75, 3.05) is 33.9 Å². The van der Waals surface area contributed by atoms with Gasteiger partial charge in [0.1, 0.15) is 5.75 Å². The maximum absolute atomic E-state index is 13.0. The number of hydrogen-bond donors (Lipinski definition) is 1. The fraction of sp³-hybridized carbons (Fsp3) is 0.409. The van der Waals surface area contributed by atoms with E-state index in [1.807, 2.05) is 6.92 Å². The summed E-state index contributed by atoms with van der Waals surface area (Å²) in [4.78, 5) is 12.6. The van der Waals surface area contributed by atoms with Crippen molar-refractivity contribution in [2.45, 2.75) is 32.2 Å². The lowest BCUT2D eigenvalue weighted by molar-refractivity contribution is -0.121. The molecule has 0 bridgehead atoms. The molecule has 170 valence electrons. The van der Waals surface area contributed by atoms with Crippen LogP contribution in [0.4, 0.5) is 0 Å². The van der Waals surface area contributed by atoms with Crippen LogP contribution in [-0.2, 0) is 21.4 Å². The van der Waals surface area contributed by atoms with Gasteiger partial charge in [-0.15, -0.1) is 0 Å². The van der Waals surface area contributed by atoms with E-state index >= 15 is 0 Å². The molecule has 0 spiro atoms. The lowest BCUT2D eigenvalue weighted by atomic mass is 10.2. The number of rotatable bonds is 11. The van der Waals surface area contributed by atoms with E-state index in [1.54, 1.807) is 51.3 Å². The third-order valence-corrected chi connectivity index (χ3v) is 6.61. The van der Waals surface area contributed by atoms with Crippen LogP contribution in [0.15, 0.2) is 41.3 Å². The highest BCUT2D eigenvalue weighted by Crippen LogP contribution is 2.27. The van der Waals surface area contributed by atoms with E-state index in [9.17, 15) is 13.2 Å². The van der Waals surface area contributed by atoms with Crippen molar-refractivity contribution in [3.8, 4) is 17.2 Å². The average molecular weight is 451 g/mol. The minimum Gasteiger partial charge on any atom is -0.494 e. The van der Waals surface area contributed by atoms with Crippen LogP contribution < -0.4 is 19.5 Å². The molecule has 2 rings (SSSR count). The summed E-state index contributed by atoms with van der Waals surface area (Å²) in [6.45, 7) is 5.96. The van der Waals surface area contributed by atoms with E-state index in [0.717, 1.165) is 15.4 Å². The molecule has 9 heteroatoms. The van der Waals surface area contributed by atoms with Crippen molar-refractivity contribution < 1.29 is 27.4 Å². The van der Waals surface area contributed by atoms with E-state index < -0.39 is 15.9 Å². The summed E-state index contributed by atoms with van der Waals surface area (Å²) in [7, 11) is -0.741. The van der Waals surface area contributed by atoms with Crippen LogP contribution in [0.2, 0.25) is 0 Å². The van der Waals surface area contributed by atoms with Crippen LogP contribution >= 0.6 is 0 Å². The number of carbonyl (C=O) groups excluding carboxylic acids is 1. The number of nitrogens with one attached hydrogen (secondary N) is 1. The Balaban J connectivity index is 2.07. The molecule has 0 atom stereocenters. The zero-order valence-electron chi connectivity index (χ0n) is 18.6. The molecule has 0 radical (unpaired) electrons. The molecule has 0 heterocycles. The van der Waals surface area contributed by atoms with Crippen molar-refractivity contribution in [2.24, 2.45) is 0 Å². The quantitative estimate of drug-likeness (QED) is 0.566. The molecule has 2 aromatic carbocycles. The Morgan fingerprint density at radius 1 is 1.00 bits per heavy atom. The Kier molecular flexibility index (Phi) is 8.70. The first-order chi connectivity index (χ1) is 14.8. The van der Waals surface area contributed by atoms with Crippen LogP contribution in [0.3, 0.4) is 0 Å². The third-order valence-electron chi connectivity index (χ3n) is 4.69. The highest BCUT2D eigenvalue weighted by Gasteiger charge is 2.26. The molecule has 0 aromatic heterocycles. The zero-order chi connectivity index (χ0) is 23.0. The summed E-state index contributed by atoms with van der Waals surface area (Å²) in [5.41, 5.74) is 1.52. The first kappa shape index (κ1) is 24.5. The molecule has 1 N–H and O–H groups in total. The Morgan fingerprint density at radius 2 is 1.68 bits per heavy atom. The van der Waals surface area contributed by atoms with Gasteiger partial charge in [-0.2, -0.15) is 4.31 Å². The predicted octanol–water partition coefficient (Wildman–Crippen LogP) is 2.74. The first-order valence-electron chi connectivity index (χ1n) is 9.98. The van der Waals surface area contributed by atoms with E-state index in [2.05, 4.69) is 5.32 Å². The number of nitrogens with zero attached hydrogens (tertiary/aromatic N) is 1. The fourth-order valence-electron chi connectivity index (χ4n) is 3.02. The number of hydrogen-bond acceptors (Lipinski definition) is 6. The molecule has 1 amide bonds. The Bertz CT molecular complexity index is 1010. The van der Waals surface area contributed by atoms with Gasteiger partial charge in [0.2, 0.25) is 15.9 Å². The van der Waals surface area contributed by atoms with Gasteiger partial charge in [0.25, 0.3) is 0 Å². The molecule has 0 saturated heterocycles. The van der Waals surface area contributed by atoms with Crippen molar-refractivity contribution >= 4 is 15.9 Å². The summed E-state index contributed by atoms with van der Waals surface area (Å²) in [6.07, 6.45) is 0. The van der Waals surface area contributed by atoms with Gasteiger partial charge < -0.3 is 19.5 Å². The van der Waals surface area contributed by atoms with Gasteiger partial charge in [-0.3, -0.25) is 4.79 Å². The molecule has 2 aromatic rings. The second-order valence-electron chi connectivity index (χ2n) is 6.76. The monoisotopic (exact) mass is 450 g/mol. The second-order valence-corrected chi connectivity index (χ2v) is 8.70. The predicted molar refractivity (Wildman–Crippen MR) is 118 cm³/mol. The van der Waals surface area contributed by atoms with Crippen LogP contribution in [0.5, 0.6) is 17.2 Å². The molecular weight excluding hydrogens is 420 g/mol. The number of ether oxygens (including phenoxy) is 3. The fourth-order valence-corrected chi connectivity index (χ4v) is 4.51. The summed E-state index contributed by atoms with van der Waals surface area (Å²) in [6, 6.07) is 10.0. The molecule has 0 saturated carbocycles. The number of sulfonamides is 1. The molecule has 31 heavy (non-hydrogen) atoms. The smallest absolute Gasteiger partial charge is 0.243 e. The number of benzene rings is 2. The van der Waals surface area contributed by atoms with Gasteiger partial charge >= 0.3 is 0 Å². The largest absolute Gasteiger partial charge is 0.494 e. The third kappa shape index (κ3) is 6.11. The van der Waals surface area contributed by atoms with E-state index in [-0.39, 0.29) is 24.5 Å². The Morgan fingerprint density at radius 3 is 2.26 bits per heavy atom. The van der Waals surface area contributed by atoms with E-state index in [4.69, 9.17) is 14.2 Å². The lowest BCUT2D eigenvalue weighted by Crippen LogP contribution is -2.40. The van der Waals surface area contributed by atoms with Gasteiger partial charge in [0, 0.05) is 13.1 Å². The maximum atomic E-state index is 13.0. The minimum atomic E-state index is -3.82. The summed E-state index contributed by atoms with van der Waals surface area (Å²) < 4.78 is 43.1. The summed E-state index contributed by atoms with van der Waals surface area (Å²) in [5, 5.41) is 2.75. The lowest BCUT2D eigenvalue weighted by Gasteiger charge is -2.21. The molecule has 0 unspecified atom stereocenters. The average Bonchev–Trinajstić information content (AvgIpc) is 2.76. The number of amides is 1. The highest BCUT2D eigenvalue weighted by molar-refractivity contribution is 7.89. The van der Waals surface area contributed by atoms with Crippen molar-refractivity contribution in [3.63, 3.8) is 0 Å². The summed E-state index contributed by atoms with van der Waals surface area (Å²) >= 11 is 0. The van der Waals surface area contributed by atoms with E-state index in [1.165, 1.54) is 13.2 Å².